The van der Waals surface area contributed by atoms with Gasteiger partial charge in [0.2, 0.25) is 0 Å². The van der Waals surface area contributed by atoms with Crippen LogP contribution in [0, 0.1) is 0 Å². The maximum atomic E-state index is 12.7. The van der Waals surface area contributed by atoms with E-state index in [1.807, 2.05) is 33.3 Å². The van der Waals surface area contributed by atoms with E-state index in [-0.39, 0.29) is 19.6 Å². The maximum Gasteiger partial charge on any atom is 0.472 e. The van der Waals surface area contributed by atoms with Crippen LogP contribution in [-0.4, -0.2) is 74.9 Å². The van der Waals surface area contributed by atoms with Gasteiger partial charge in [-0.2, -0.15) is 0 Å². The molecular weight excluding hydrogens is 725 g/mol. The quantitative estimate of drug-likeness (QED) is 0.0125. The molecule has 0 saturated heterocycles. The number of ether oxygens (including phenoxy) is 2. The summed E-state index contributed by atoms with van der Waals surface area (Å²) >= 11 is 0. The summed E-state index contributed by atoms with van der Waals surface area (Å²) in [4.78, 5) is 35.2. The molecule has 0 radical (unpaired) electrons. The van der Waals surface area contributed by atoms with Crippen molar-refractivity contribution in [3.8, 4) is 0 Å². The number of carbonyl (C=O) groups excluding carboxylic acids is 2. The first kappa shape index (κ1) is 53.5. The molecular formula is C46H81NO8P+. The molecule has 0 saturated carbocycles. The highest BCUT2D eigenvalue weighted by Gasteiger charge is 2.26. The Bertz CT molecular complexity index is 1180. The largest absolute Gasteiger partial charge is 0.472 e. The first-order chi connectivity index (χ1) is 27.0. The van der Waals surface area contributed by atoms with Gasteiger partial charge in [-0.25, -0.2) is 9.36 Å². The summed E-state index contributed by atoms with van der Waals surface area (Å²) in [7, 11) is 1.40. The number of rotatable bonds is 38. The second-order valence-corrected chi connectivity index (χ2v) is 16.9. The van der Waals surface area contributed by atoms with Gasteiger partial charge in [0.25, 0.3) is 0 Å². The Balaban J connectivity index is 4.55. The number of allylic oxidation sites excluding steroid dienone is 11. The van der Waals surface area contributed by atoms with Crippen molar-refractivity contribution in [3.63, 3.8) is 0 Å². The summed E-state index contributed by atoms with van der Waals surface area (Å²) in [6.45, 7) is 4.17. The molecule has 0 spiro atoms. The van der Waals surface area contributed by atoms with Crippen molar-refractivity contribution < 1.29 is 42.1 Å². The van der Waals surface area contributed by atoms with Crippen molar-refractivity contribution in [3.05, 3.63) is 72.9 Å². The number of hydrogen-bond acceptors (Lipinski definition) is 7. The van der Waals surface area contributed by atoms with Gasteiger partial charge in [-0.3, -0.25) is 13.8 Å². The summed E-state index contributed by atoms with van der Waals surface area (Å²) in [6, 6.07) is 0. The van der Waals surface area contributed by atoms with Gasteiger partial charge in [0.1, 0.15) is 19.8 Å². The van der Waals surface area contributed by atoms with Gasteiger partial charge < -0.3 is 18.9 Å². The van der Waals surface area contributed by atoms with Gasteiger partial charge >= 0.3 is 19.8 Å². The van der Waals surface area contributed by atoms with Crippen molar-refractivity contribution in [2.75, 3.05) is 47.5 Å². The molecule has 0 aromatic heterocycles. The number of nitrogens with zero attached hydrogens (tertiary/aromatic N) is 1. The molecule has 1 N–H and O–H groups in total. The third kappa shape index (κ3) is 41.1. The highest BCUT2D eigenvalue weighted by molar-refractivity contribution is 7.47. The van der Waals surface area contributed by atoms with Crippen LogP contribution in [0.25, 0.3) is 0 Å². The smallest absolute Gasteiger partial charge is 0.458 e. The molecule has 0 aliphatic heterocycles. The molecule has 0 aliphatic rings. The summed E-state index contributed by atoms with van der Waals surface area (Å²) in [5, 5.41) is 0. The van der Waals surface area contributed by atoms with Crippen molar-refractivity contribution in [1.29, 1.82) is 0 Å². The Morgan fingerprint density at radius 1 is 0.607 bits per heavy atom. The summed E-state index contributed by atoms with van der Waals surface area (Å²) < 4.78 is 34.0. The monoisotopic (exact) mass is 807 g/mol. The molecule has 322 valence electrons. The summed E-state index contributed by atoms with van der Waals surface area (Å²) in [6.07, 6.45) is 47.3. The maximum absolute atomic E-state index is 12.7. The molecule has 56 heavy (non-hydrogen) atoms. The van der Waals surface area contributed by atoms with Gasteiger partial charge in [-0.1, -0.05) is 158 Å². The summed E-state index contributed by atoms with van der Waals surface area (Å²) in [5.74, 6) is -1.09. The lowest BCUT2D eigenvalue weighted by molar-refractivity contribution is -0.870. The van der Waals surface area contributed by atoms with Crippen LogP contribution in [0.15, 0.2) is 72.9 Å². The normalized spacial score (nSPS) is 14.3. The Kier molecular flexibility index (Phi) is 36.3. The van der Waals surface area contributed by atoms with Crippen molar-refractivity contribution in [2.45, 2.75) is 161 Å². The van der Waals surface area contributed by atoms with Crippen LogP contribution in [0.2, 0.25) is 0 Å². The van der Waals surface area contributed by atoms with Gasteiger partial charge in [-0.05, 0) is 57.8 Å². The molecule has 0 bridgehead atoms. The van der Waals surface area contributed by atoms with Gasteiger partial charge in [-0.15, -0.1) is 0 Å². The number of phosphoric ester groups is 1. The van der Waals surface area contributed by atoms with E-state index in [1.54, 1.807) is 6.08 Å². The first-order valence-electron chi connectivity index (χ1n) is 21.7. The van der Waals surface area contributed by atoms with E-state index >= 15 is 0 Å². The molecule has 0 fully saturated rings. The molecule has 0 aromatic rings. The number of esters is 2. The lowest BCUT2D eigenvalue weighted by atomic mass is 10.1. The fraction of sp³-hybridized carbons (Fsp3) is 0.696. The van der Waals surface area contributed by atoms with Crippen molar-refractivity contribution in [2.24, 2.45) is 0 Å². The van der Waals surface area contributed by atoms with E-state index in [0.717, 1.165) is 57.8 Å². The third-order valence-corrected chi connectivity index (χ3v) is 9.78. The average Bonchev–Trinajstić information content (AvgIpc) is 3.15. The van der Waals surface area contributed by atoms with Crippen molar-refractivity contribution in [1.82, 2.24) is 0 Å². The molecule has 0 aliphatic carbocycles. The zero-order valence-corrected chi connectivity index (χ0v) is 37.0. The number of phosphoric acid groups is 1. The topological polar surface area (TPSA) is 108 Å². The molecule has 0 aromatic carbocycles. The molecule has 2 atom stereocenters. The van der Waals surface area contributed by atoms with Crippen LogP contribution in [0.4, 0.5) is 0 Å². The highest BCUT2D eigenvalue weighted by atomic mass is 31.2. The van der Waals surface area contributed by atoms with Gasteiger partial charge in [0.05, 0.1) is 27.7 Å². The lowest BCUT2D eigenvalue weighted by Gasteiger charge is -2.24. The van der Waals surface area contributed by atoms with Crippen LogP contribution >= 0.6 is 7.82 Å². The predicted molar refractivity (Wildman–Crippen MR) is 233 cm³/mol. The van der Waals surface area contributed by atoms with E-state index in [2.05, 4.69) is 62.5 Å². The zero-order chi connectivity index (χ0) is 41.4. The van der Waals surface area contributed by atoms with E-state index in [4.69, 9.17) is 18.5 Å². The Morgan fingerprint density at radius 3 is 1.70 bits per heavy atom. The highest BCUT2D eigenvalue weighted by Crippen LogP contribution is 2.43. The second kappa shape index (κ2) is 38.0. The Morgan fingerprint density at radius 2 is 1.12 bits per heavy atom. The molecule has 0 amide bonds. The first-order valence-corrected chi connectivity index (χ1v) is 23.2. The van der Waals surface area contributed by atoms with E-state index < -0.39 is 32.5 Å². The van der Waals surface area contributed by atoms with Crippen molar-refractivity contribution >= 4 is 19.8 Å². The van der Waals surface area contributed by atoms with E-state index in [0.29, 0.717) is 17.4 Å². The molecule has 10 heteroatoms. The van der Waals surface area contributed by atoms with Gasteiger partial charge in [0, 0.05) is 12.5 Å². The number of likely N-dealkylation sites (N-methyl/N-ethyl adjacent to an activating group) is 1. The predicted octanol–water partition coefficient (Wildman–Crippen LogP) is 12.2. The number of unbranched alkanes of at least 4 members (excludes halogenated alkanes) is 15. The zero-order valence-electron chi connectivity index (χ0n) is 36.1. The minimum Gasteiger partial charge on any atom is -0.458 e. The fourth-order valence-corrected chi connectivity index (χ4v) is 6.13. The van der Waals surface area contributed by atoms with Crippen LogP contribution in [0.1, 0.15) is 155 Å². The Hall–Kier alpha value is -2.55. The molecule has 1 unspecified atom stereocenters. The van der Waals surface area contributed by atoms with Crippen LogP contribution in [0.5, 0.6) is 0 Å². The molecule has 9 nitrogen and oxygen atoms in total. The van der Waals surface area contributed by atoms with E-state index in [1.165, 1.54) is 76.7 Å². The lowest BCUT2D eigenvalue weighted by Crippen LogP contribution is -2.37. The fourth-order valence-electron chi connectivity index (χ4n) is 5.39. The minimum atomic E-state index is -4.41. The van der Waals surface area contributed by atoms with Gasteiger partial charge in [0.15, 0.2) is 6.10 Å². The number of hydrogen-bond donors (Lipinski definition) is 1. The Labute approximate surface area is 342 Å². The van der Waals surface area contributed by atoms with Crippen LogP contribution in [0.3, 0.4) is 0 Å². The number of quaternary nitrogens is 1. The van der Waals surface area contributed by atoms with Crippen LogP contribution in [-0.2, 0) is 32.7 Å². The second-order valence-electron chi connectivity index (χ2n) is 15.4. The molecule has 0 rings (SSSR count). The molecule has 0 heterocycles. The third-order valence-electron chi connectivity index (χ3n) is 8.79. The average molecular weight is 807 g/mol. The minimum absolute atomic E-state index is 0.00918. The SMILES string of the molecule is CCC/C=C/C/C=C/C/C=C/C/C=C/CCCCCC(=O)O[C@H](COC(=O)/C=C/C=C/CCCCCCCCCCCCC)COP(=O)(O)OCC[N+](C)(C)C. The standard InChI is InChI=1S/C46H80NO8P/c1-6-8-10-12-14-16-18-20-22-23-25-27-29-31-33-35-37-39-46(49)55-44(43-54-56(50,51)53-41-40-47(3,4)5)42-52-45(48)38-36-34-32-30-28-26-24-21-19-17-15-13-11-9-7-2/h10,12,16,18,22-23,27,29,32,34,36,38,44H,6-9,11,13-15,17,19-21,24-26,28,30-31,33,35,37,39-43H2,1-5H3/p+1/b12-10+,18-16+,23-22+,29-27+,34-32+,38-36+/t44-/m1/s1. The number of carbonyl (C=O) groups is 2. The van der Waals surface area contributed by atoms with E-state index in [9.17, 15) is 19.0 Å². The van der Waals surface area contributed by atoms with Crippen LogP contribution < -0.4 is 0 Å². The summed E-state index contributed by atoms with van der Waals surface area (Å²) in [5.41, 5.74) is 0.